The van der Waals surface area contributed by atoms with Gasteiger partial charge in [0.05, 0.1) is 65.6 Å². The number of aromatic nitrogens is 10. The Bertz CT molecular complexity index is 4150. The largest absolute Gasteiger partial charge is 0.498 e. The third-order valence-electron chi connectivity index (χ3n) is 18.0. The van der Waals surface area contributed by atoms with Gasteiger partial charge in [0.25, 0.3) is 0 Å². The van der Waals surface area contributed by atoms with Gasteiger partial charge in [-0.15, -0.1) is 0 Å². The Hall–Kier alpha value is -8.79. The van der Waals surface area contributed by atoms with Gasteiger partial charge >= 0.3 is 7.12 Å². The smallest absolute Gasteiger partial charge is 0.474 e. The molecule has 0 unspecified atom stereocenters. The summed E-state index contributed by atoms with van der Waals surface area (Å²) in [5, 5.41) is 26.4. The predicted molar refractivity (Wildman–Crippen MR) is 367 cm³/mol. The van der Waals surface area contributed by atoms with Crippen molar-refractivity contribution in [3.05, 3.63) is 267 Å². The molecule has 16 nitrogen and oxygen atoms in total. The molecule has 92 heavy (non-hydrogen) atoms. The zero-order valence-corrected chi connectivity index (χ0v) is 54.7. The molecule has 2 N–H and O–H groups in total. The van der Waals surface area contributed by atoms with Crippen molar-refractivity contribution in [3.8, 4) is 23.0 Å². The van der Waals surface area contributed by atoms with E-state index < -0.39 is 11.1 Å². The topological polar surface area (TPSA) is 174 Å². The molecular weight excluding hydrogens is 1260 g/mol. The van der Waals surface area contributed by atoms with Crippen LogP contribution < -0.4 is 14.9 Å². The number of benzene rings is 6. The molecule has 18 heteroatoms. The van der Waals surface area contributed by atoms with E-state index in [1.165, 1.54) is 0 Å². The lowest BCUT2D eigenvalue weighted by Crippen LogP contribution is -2.41. The molecular formula is C74H74BIN10O6. The molecule has 3 aliphatic rings. The monoisotopic (exact) mass is 1340 g/mol. The summed E-state index contributed by atoms with van der Waals surface area (Å²) in [4.78, 5) is 9.78. The lowest BCUT2D eigenvalue weighted by atomic mass is 9.77. The quantitative estimate of drug-likeness (QED) is 0.0600. The van der Waals surface area contributed by atoms with Gasteiger partial charge in [-0.05, 0) is 110 Å². The predicted octanol–water partition coefficient (Wildman–Crippen LogP) is 14.0. The van der Waals surface area contributed by atoms with Crippen molar-refractivity contribution in [2.75, 3.05) is 26.4 Å². The molecule has 0 radical (unpaired) electrons. The average Bonchev–Trinajstić information content (AvgIpc) is 1.42. The van der Waals surface area contributed by atoms with E-state index in [0.717, 1.165) is 126 Å². The molecule has 3 saturated heterocycles. The molecule has 0 amide bonds. The van der Waals surface area contributed by atoms with Crippen molar-refractivity contribution in [1.82, 2.24) is 49.9 Å². The second-order valence-corrected chi connectivity index (χ2v) is 25.5. The summed E-state index contributed by atoms with van der Waals surface area (Å²) in [6.45, 7) is 15.0. The number of nitrogens with one attached hydrogen (secondary N) is 2. The normalized spacial score (nSPS) is 16.0. The van der Waals surface area contributed by atoms with Gasteiger partial charge in [0.2, 0.25) is 11.8 Å². The van der Waals surface area contributed by atoms with Gasteiger partial charge in [-0.25, -0.2) is 19.3 Å². The first-order valence-electron chi connectivity index (χ1n) is 31.5. The third-order valence-corrected chi connectivity index (χ3v) is 18.7. The number of aromatic amines is 2. The molecule has 6 aromatic carbocycles. The number of fused-ring (bicyclic) bond motifs is 2. The van der Waals surface area contributed by atoms with Crippen LogP contribution >= 0.6 is 22.6 Å². The zero-order chi connectivity index (χ0) is 63.3. The lowest BCUT2D eigenvalue weighted by Gasteiger charge is -2.37. The number of hydrogen-bond donors (Lipinski definition) is 2. The van der Waals surface area contributed by atoms with Gasteiger partial charge < -0.3 is 28.3 Å². The number of hydrogen-bond acceptors (Lipinski definition) is 12. The molecule has 0 saturated carbocycles. The minimum Gasteiger partial charge on any atom is -0.474 e. The highest BCUT2D eigenvalue weighted by Gasteiger charge is 2.52. The van der Waals surface area contributed by atoms with Gasteiger partial charge in [0.1, 0.15) is 32.7 Å². The Morgan fingerprint density at radius 1 is 0.489 bits per heavy atom. The van der Waals surface area contributed by atoms with E-state index in [2.05, 4.69) is 246 Å². The van der Waals surface area contributed by atoms with Crippen LogP contribution in [0.25, 0.3) is 33.1 Å². The van der Waals surface area contributed by atoms with Crippen molar-refractivity contribution in [2.45, 2.75) is 102 Å². The van der Waals surface area contributed by atoms with Crippen LogP contribution in [-0.4, -0.2) is 107 Å². The number of nitrogens with zero attached hydrogens (tertiary/aromatic N) is 8. The Morgan fingerprint density at radius 2 is 0.848 bits per heavy atom. The third kappa shape index (κ3) is 12.1. The Morgan fingerprint density at radius 3 is 1.22 bits per heavy atom. The van der Waals surface area contributed by atoms with E-state index in [1.54, 1.807) is 18.6 Å². The summed E-state index contributed by atoms with van der Waals surface area (Å²) in [5.74, 6) is 1.25. The average molecular weight is 1340 g/mol. The summed E-state index contributed by atoms with van der Waals surface area (Å²) in [5.41, 5.74) is 10.9. The van der Waals surface area contributed by atoms with Crippen LogP contribution in [0.5, 0.6) is 11.8 Å². The van der Waals surface area contributed by atoms with E-state index in [9.17, 15) is 0 Å². The van der Waals surface area contributed by atoms with Crippen LogP contribution in [0.4, 0.5) is 0 Å². The standard InChI is InChI=1S/C34H31N5O2.C31H28IN3O2.C9H15BN2O2/c1-24-21-30-31(33(37-24)41-29-17-19-40-20-18-29)32(25-22-35-36-23-25)38-39(30)34(26-11-5-2-6-12-26,27-13-7-3-8-14-27)28-15-9-4-10-16-28;1-22-21-27-28(30(33-22)37-26-17-19-36-20-18-26)29(32)34-35(27)31(23-11-5-2-6-12-23,24-13-7-3-8-14-24)25-15-9-4-10-16-25;1-8(2)9(3,4)14-10(13-8)7-5-11-12-6-7/h2-16,21-23,29H,17-20H2,1H3,(H,35,36);2-16,21,26H,17-20H2,1H3;5-6H,1-4H3,(H,11,12). The number of halogens is 1. The second-order valence-electron chi connectivity index (χ2n) is 24.5. The van der Waals surface area contributed by atoms with Crippen LogP contribution in [0.15, 0.2) is 219 Å². The maximum Gasteiger partial charge on any atom is 0.498 e. The fourth-order valence-corrected chi connectivity index (χ4v) is 13.5. The van der Waals surface area contributed by atoms with Crippen molar-refractivity contribution in [1.29, 1.82) is 0 Å². The zero-order valence-electron chi connectivity index (χ0n) is 52.6. The van der Waals surface area contributed by atoms with E-state index >= 15 is 0 Å². The molecule has 0 atom stereocenters. The first kappa shape index (κ1) is 62.0. The highest BCUT2D eigenvalue weighted by molar-refractivity contribution is 14.1. The van der Waals surface area contributed by atoms with Crippen LogP contribution in [0, 0.1) is 17.5 Å². The molecule has 466 valence electrons. The van der Waals surface area contributed by atoms with E-state index in [-0.39, 0.29) is 30.5 Å². The van der Waals surface area contributed by atoms with E-state index in [1.807, 2.05) is 47.7 Å². The summed E-state index contributed by atoms with van der Waals surface area (Å²) < 4.78 is 41.2. The van der Waals surface area contributed by atoms with Gasteiger partial charge in [0, 0.05) is 66.7 Å². The molecule has 9 heterocycles. The van der Waals surface area contributed by atoms with Crippen molar-refractivity contribution >= 4 is 57.0 Å². The molecule has 3 aliphatic heterocycles. The maximum absolute atomic E-state index is 6.66. The summed E-state index contributed by atoms with van der Waals surface area (Å²) in [6, 6.07) is 67.9. The fourth-order valence-electron chi connectivity index (χ4n) is 12.7. The highest BCUT2D eigenvalue weighted by Crippen LogP contribution is 2.48. The molecule has 3 fully saturated rings. The fraction of sp³-hybridized carbons (Fsp3) is 0.270. The number of rotatable bonds is 14. The Balaban J connectivity index is 0.000000139. The highest BCUT2D eigenvalue weighted by atomic mass is 127. The van der Waals surface area contributed by atoms with E-state index in [0.29, 0.717) is 25.0 Å². The number of pyridine rings is 2. The minimum atomic E-state index is -0.784. The minimum absolute atomic E-state index is 0.0314. The van der Waals surface area contributed by atoms with Crippen LogP contribution in [-0.2, 0) is 29.9 Å². The molecule has 0 aliphatic carbocycles. The summed E-state index contributed by atoms with van der Waals surface area (Å²) in [7, 11) is -0.307. The second kappa shape index (κ2) is 26.8. The van der Waals surface area contributed by atoms with Crippen LogP contribution in [0.1, 0.15) is 98.1 Å². The first-order valence-corrected chi connectivity index (χ1v) is 32.6. The van der Waals surface area contributed by atoms with E-state index in [4.69, 9.17) is 48.4 Å². The van der Waals surface area contributed by atoms with Gasteiger partial charge in [-0.2, -0.15) is 20.4 Å². The molecule has 0 spiro atoms. The number of ether oxygens (including phenoxy) is 4. The summed E-state index contributed by atoms with van der Waals surface area (Å²) >= 11 is 2.33. The Labute approximate surface area is 550 Å². The molecule has 15 rings (SSSR count). The lowest BCUT2D eigenvalue weighted by molar-refractivity contribution is 0.00578. The summed E-state index contributed by atoms with van der Waals surface area (Å²) in [6.07, 6.45) is 10.7. The maximum atomic E-state index is 6.66. The van der Waals surface area contributed by atoms with Gasteiger partial charge in [-0.1, -0.05) is 182 Å². The molecule has 6 aromatic heterocycles. The van der Waals surface area contributed by atoms with Crippen molar-refractivity contribution < 1.29 is 28.3 Å². The van der Waals surface area contributed by atoms with Crippen LogP contribution in [0.2, 0.25) is 0 Å². The van der Waals surface area contributed by atoms with Gasteiger partial charge in [0.15, 0.2) is 0 Å². The molecule has 12 aromatic rings. The number of H-pyrrole nitrogens is 2. The van der Waals surface area contributed by atoms with Crippen molar-refractivity contribution in [2.24, 2.45) is 0 Å². The Kier molecular flexibility index (Phi) is 18.1. The van der Waals surface area contributed by atoms with Crippen molar-refractivity contribution in [3.63, 3.8) is 0 Å². The SMILES string of the molecule is CC1(C)OB(c2cn[nH]c2)OC1(C)C.Cc1cc2c(c(I)nn2C(c2ccccc2)(c2ccccc2)c2ccccc2)c(OC2CCOCC2)n1.Cc1cc2c(c(OC3CCOCC3)n1)c(-c1cn[nH]c1)nn2C(c1ccccc1)(c1ccccc1)c1ccccc1. The first-order chi connectivity index (χ1) is 44.8. The van der Waals surface area contributed by atoms with Crippen LogP contribution in [0.3, 0.4) is 0 Å². The molecule has 0 bridgehead atoms. The number of aryl methyl sites for hydroxylation is 2. The van der Waals surface area contributed by atoms with Gasteiger partial charge in [-0.3, -0.25) is 10.2 Å².